The van der Waals surface area contributed by atoms with E-state index in [-0.39, 0.29) is 11.9 Å². The molecule has 1 heterocycles. The highest BCUT2D eigenvalue weighted by atomic mass is 16.5. The molecule has 0 saturated heterocycles. The van der Waals surface area contributed by atoms with Crippen molar-refractivity contribution in [3.05, 3.63) is 59.8 Å². The SMILES string of the molecule is O=C(NC1CCCCC1)c1cccnc1OCc1ccccc1. The van der Waals surface area contributed by atoms with Gasteiger partial charge in [-0.3, -0.25) is 4.79 Å². The number of amides is 1. The second-order valence-corrected chi connectivity index (χ2v) is 5.94. The molecule has 1 N–H and O–H groups in total. The number of hydrogen-bond acceptors (Lipinski definition) is 3. The van der Waals surface area contributed by atoms with Gasteiger partial charge in [-0.15, -0.1) is 0 Å². The molecule has 1 aliphatic rings. The maximum absolute atomic E-state index is 12.5. The third-order valence-electron chi connectivity index (χ3n) is 4.17. The van der Waals surface area contributed by atoms with Gasteiger partial charge in [-0.25, -0.2) is 4.98 Å². The number of carbonyl (C=O) groups excluding carboxylic acids is 1. The first-order valence-corrected chi connectivity index (χ1v) is 8.25. The predicted molar refractivity (Wildman–Crippen MR) is 89.4 cm³/mol. The monoisotopic (exact) mass is 310 g/mol. The number of nitrogens with one attached hydrogen (secondary N) is 1. The summed E-state index contributed by atoms with van der Waals surface area (Å²) in [6, 6.07) is 13.7. The highest BCUT2D eigenvalue weighted by molar-refractivity contribution is 5.96. The molecule has 1 saturated carbocycles. The van der Waals surface area contributed by atoms with E-state index in [2.05, 4.69) is 10.3 Å². The summed E-state index contributed by atoms with van der Waals surface area (Å²) < 4.78 is 5.76. The summed E-state index contributed by atoms with van der Waals surface area (Å²) in [5.74, 6) is 0.303. The number of hydrogen-bond donors (Lipinski definition) is 1. The first kappa shape index (κ1) is 15.5. The average molecular weight is 310 g/mol. The number of pyridine rings is 1. The van der Waals surface area contributed by atoms with Crippen LogP contribution in [0.3, 0.4) is 0 Å². The predicted octanol–water partition coefficient (Wildman–Crippen LogP) is 3.72. The normalized spacial score (nSPS) is 15.1. The molecular formula is C19H22N2O2. The lowest BCUT2D eigenvalue weighted by molar-refractivity contribution is 0.0922. The quantitative estimate of drug-likeness (QED) is 0.915. The van der Waals surface area contributed by atoms with Crippen molar-refractivity contribution in [1.29, 1.82) is 0 Å². The van der Waals surface area contributed by atoms with Crippen LogP contribution in [0, 0.1) is 0 Å². The molecule has 0 spiro atoms. The van der Waals surface area contributed by atoms with Gasteiger partial charge in [-0.2, -0.15) is 0 Å². The van der Waals surface area contributed by atoms with Crippen molar-refractivity contribution in [1.82, 2.24) is 10.3 Å². The van der Waals surface area contributed by atoms with Crippen molar-refractivity contribution >= 4 is 5.91 Å². The van der Waals surface area contributed by atoms with E-state index in [0.29, 0.717) is 18.1 Å². The standard InChI is InChI=1S/C19H22N2O2/c22-18(21-16-10-5-2-6-11-16)17-12-7-13-20-19(17)23-14-15-8-3-1-4-9-15/h1,3-4,7-9,12-13,16H,2,5-6,10-11,14H2,(H,21,22). The van der Waals surface area contributed by atoms with E-state index in [1.807, 2.05) is 30.3 Å². The van der Waals surface area contributed by atoms with Crippen LogP contribution in [0.25, 0.3) is 0 Å². The smallest absolute Gasteiger partial charge is 0.256 e. The molecule has 120 valence electrons. The Morgan fingerprint density at radius 2 is 1.87 bits per heavy atom. The van der Waals surface area contributed by atoms with Gasteiger partial charge in [0.05, 0.1) is 0 Å². The summed E-state index contributed by atoms with van der Waals surface area (Å²) in [6.07, 6.45) is 7.42. The molecule has 0 atom stereocenters. The number of nitrogens with zero attached hydrogens (tertiary/aromatic N) is 1. The van der Waals surface area contributed by atoms with Crippen molar-refractivity contribution in [2.24, 2.45) is 0 Å². The fourth-order valence-electron chi connectivity index (χ4n) is 2.91. The molecule has 3 rings (SSSR count). The van der Waals surface area contributed by atoms with E-state index in [1.165, 1.54) is 19.3 Å². The van der Waals surface area contributed by atoms with Crippen molar-refractivity contribution < 1.29 is 9.53 Å². The van der Waals surface area contributed by atoms with Crippen LogP contribution in [-0.2, 0) is 6.61 Å². The maximum atomic E-state index is 12.5. The van der Waals surface area contributed by atoms with Gasteiger partial charge in [0, 0.05) is 12.2 Å². The van der Waals surface area contributed by atoms with E-state index in [1.54, 1.807) is 18.3 Å². The average Bonchev–Trinajstić information content (AvgIpc) is 2.62. The van der Waals surface area contributed by atoms with Gasteiger partial charge in [-0.05, 0) is 30.5 Å². The van der Waals surface area contributed by atoms with Crippen LogP contribution in [0.15, 0.2) is 48.7 Å². The third-order valence-corrected chi connectivity index (χ3v) is 4.17. The molecule has 1 aliphatic carbocycles. The van der Waals surface area contributed by atoms with E-state index >= 15 is 0 Å². The molecule has 4 nitrogen and oxygen atoms in total. The molecule has 0 bridgehead atoms. The number of ether oxygens (including phenoxy) is 1. The molecular weight excluding hydrogens is 288 g/mol. The summed E-state index contributed by atoms with van der Waals surface area (Å²) >= 11 is 0. The minimum absolute atomic E-state index is 0.0898. The molecule has 0 aliphatic heterocycles. The summed E-state index contributed by atoms with van der Waals surface area (Å²) in [5.41, 5.74) is 1.56. The van der Waals surface area contributed by atoms with Crippen LogP contribution in [-0.4, -0.2) is 16.9 Å². The van der Waals surface area contributed by atoms with E-state index < -0.39 is 0 Å². The zero-order chi connectivity index (χ0) is 15.9. The fourth-order valence-corrected chi connectivity index (χ4v) is 2.91. The maximum Gasteiger partial charge on any atom is 0.256 e. The van der Waals surface area contributed by atoms with Gasteiger partial charge in [0.1, 0.15) is 12.2 Å². The van der Waals surface area contributed by atoms with Gasteiger partial charge >= 0.3 is 0 Å². The van der Waals surface area contributed by atoms with E-state index in [4.69, 9.17) is 4.74 Å². The molecule has 1 aromatic heterocycles. The molecule has 23 heavy (non-hydrogen) atoms. The van der Waals surface area contributed by atoms with Crippen LogP contribution in [0.1, 0.15) is 48.0 Å². The highest BCUT2D eigenvalue weighted by Gasteiger charge is 2.19. The van der Waals surface area contributed by atoms with Crippen molar-refractivity contribution in [2.75, 3.05) is 0 Å². The Hall–Kier alpha value is -2.36. The molecule has 1 aromatic carbocycles. The Morgan fingerprint density at radius 1 is 1.09 bits per heavy atom. The zero-order valence-electron chi connectivity index (χ0n) is 13.2. The van der Waals surface area contributed by atoms with Crippen LogP contribution in [0.2, 0.25) is 0 Å². The Balaban J connectivity index is 1.65. The summed E-state index contributed by atoms with van der Waals surface area (Å²) in [4.78, 5) is 16.7. The Kier molecular flexibility index (Phi) is 5.25. The minimum atomic E-state index is -0.0898. The molecule has 4 heteroatoms. The first-order chi connectivity index (χ1) is 11.3. The van der Waals surface area contributed by atoms with Crippen LogP contribution < -0.4 is 10.1 Å². The summed E-state index contributed by atoms with van der Waals surface area (Å²) in [5, 5.41) is 3.11. The second-order valence-electron chi connectivity index (χ2n) is 5.94. The zero-order valence-corrected chi connectivity index (χ0v) is 13.2. The molecule has 0 unspecified atom stereocenters. The molecule has 0 radical (unpaired) electrons. The lowest BCUT2D eigenvalue weighted by Crippen LogP contribution is -2.36. The fraction of sp³-hybridized carbons (Fsp3) is 0.368. The van der Waals surface area contributed by atoms with Gasteiger partial charge < -0.3 is 10.1 Å². The van der Waals surface area contributed by atoms with Crippen LogP contribution in [0.5, 0.6) is 5.88 Å². The van der Waals surface area contributed by atoms with Gasteiger partial charge in [0.25, 0.3) is 5.91 Å². The summed E-state index contributed by atoms with van der Waals surface area (Å²) in [7, 11) is 0. The summed E-state index contributed by atoms with van der Waals surface area (Å²) in [6.45, 7) is 0.404. The Bertz CT molecular complexity index is 637. The molecule has 1 amide bonds. The Morgan fingerprint density at radius 3 is 2.65 bits per heavy atom. The largest absolute Gasteiger partial charge is 0.472 e. The lowest BCUT2D eigenvalue weighted by Gasteiger charge is -2.23. The van der Waals surface area contributed by atoms with Crippen molar-refractivity contribution in [2.45, 2.75) is 44.8 Å². The number of benzene rings is 1. The molecule has 2 aromatic rings. The van der Waals surface area contributed by atoms with Crippen LogP contribution >= 0.6 is 0 Å². The highest BCUT2D eigenvalue weighted by Crippen LogP contribution is 2.20. The van der Waals surface area contributed by atoms with Crippen molar-refractivity contribution in [3.8, 4) is 5.88 Å². The third kappa shape index (κ3) is 4.31. The number of carbonyl (C=O) groups is 1. The van der Waals surface area contributed by atoms with Crippen molar-refractivity contribution in [3.63, 3.8) is 0 Å². The van der Waals surface area contributed by atoms with Gasteiger partial charge in [0.15, 0.2) is 0 Å². The van der Waals surface area contributed by atoms with Gasteiger partial charge in [0.2, 0.25) is 5.88 Å². The van der Waals surface area contributed by atoms with E-state index in [0.717, 1.165) is 18.4 Å². The Labute approximate surface area is 136 Å². The van der Waals surface area contributed by atoms with Crippen LogP contribution in [0.4, 0.5) is 0 Å². The topological polar surface area (TPSA) is 51.2 Å². The van der Waals surface area contributed by atoms with Gasteiger partial charge in [-0.1, -0.05) is 49.6 Å². The lowest BCUT2D eigenvalue weighted by atomic mass is 9.95. The minimum Gasteiger partial charge on any atom is -0.472 e. The molecule has 1 fully saturated rings. The first-order valence-electron chi connectivity index (χ1n) is 8.25. The second kappa shape index (κ2) is 7.77. The number of rotatable bonds is 5. The number of aromatic nitrogens is 1. The van der Waals surface area contributed by atoms with E-state index in [9.17, 15) is 4.79 Å².